The van der Waals surface area contributed by atoms with Crippen LogP contribution in [0, 0.1) is 5.92 Å². The maximum Gasteiger partial charge on any atom is 0.573 e. The first-order valence-electron chi connectivity index (χ1n) is 7.70. The van der Waals surface area contributed by atoms with Crippen molar-refractivity contribution in [2.45, 2.75) is 45.6 Å². The van der Waals surface area contributed by atoms with E-state index >= 15 is 0 Å². The number of pyridine rings is 1. The maximum atomic E-state index is 12.1. The van der Waals surface area contributed by atoms with Crippen molar-refractivity contribution in [3.8, 4) is 5.75 Å². The molecule has 5 nitrogen and oxygen atoms in total. The van der Waals surface area contributed by atoms with Crippen molar-refractivity contribution in [2.24, 2.45) is 5.92 Å². The smallest absolute Gasteiger partial charge is 0.444 e. The highest BCUT2D eigenvalue weighted by Crippen LogP contribution is 2.25. The number of carbonyl (C=O) groups is 1. The molecule has 24 heavy (non-hydrogen) atoms. The summed E-state index contributed by atoms with van der Waals surface area (Å²) in [6.45, 7) is 6.60. The summed E-state index contributed by atoms with van der Waals surface area (Å²) in [5.41, 5.74) is 0.131. The summed E-state index contributed by atoms with van der Waals surface area (Å²) in [6.07, 6.45) is -2.61. The molecule has 0 radical (unpaired) electrons. The van der Waals surface area contributed by atoms with Gasteiger partial charge in [0.15, 0.2) is 0 Å². The molecule has 1 aromatic rings. The number of aromatic nitrogens is 1. The van der Waals surface area contributed by atoms with Crippen molar-refractivity contribution in [2.75, 3.05) is 13.1 Å². The van der Waals surface area contributed by atoms with Gasteiger partial charge < -0.3 is 14.4 Å². The number of rotatable bonds is 3. The first kappa shape index (κ1) is 18.4. The molecule has 0 aliphatic carbocycles. The highest BCUT2D eigenvalue weighted by Gasteiger charge is 2.32. The van der Waals surface area contributed by atoms with Gasteiger partial charge in [-0.2, -0.15) is 0 Å². The topological polar surface area (TPSA) is 51.7 Å². The van der Waals surface area contributed by atoms with E-state index in [1.54, 1.807) is 4.90 Å². The highest BCUT2D eigenvalue weighted by molar-refractivity contribution is 5.68. The molecule has 2 rings (SSSR count). The summed E-state index contributed by atoms with van der Waals surface area (Å²) in [5, 5.41) is 0. The van der Waals surface area contributed by atoms with Crippen LogP contribution in [0.4, 0.5) is 18.0 Å². The Morgan fingerprint density at radius 1 is 1.33 bits per heavy atom. The van der Waals surface area contributed by atoms with E-state index in [1.165, 1.54) is 12.1 Å². The van der Waals surface area contributed by atoms with Crippen molar-refractivity contribution in [3.05, 3.63) is 24.0 Å². The van der Waals surface area contributed by atoms with Crippen molar-refractivity contribution < 1.29 is 27.4 Å². The second-order valence-electron chi connectivity index (χ2n) is 6.82. The highest BCUT2D eigenvalue weighted by atomic mass is 19.4. The second kappa shape index (κ2) is 6.86. The number of nitrogens with zero attached hydrogens (tertiary/aromatic N) is 2. The van der Waals surface area contributed by atoms with E-state index in [0.29, 0.717) is 25.2 Å². The third-order valence-electron chi connectivity index (χ3n) is 3.47. The third kappa shape index (κ3) is 5.90. The van der Waals surface area contributed by atoms with E-state index < -0.39 is 12.0 Å². The number of halogens is 3. The Balaban J connectivity index is 1.86. The molecule has 0 bridgehead atoms. The van der Waals surface area contributed by atoms with Crippen molar-refractivity contribution in [1.82, 2.24) is 9.88 Å². The minimum absolute atomic E-state index is 0.208. The van der Waals surface area contributed by atoms with Crippen LogP contribution in [0.15, 0.2) is 18.3 Å². The molecule has 0 saturated carbocycles. The SMILES string of the molecule is CC(C)(C)OC(=O)N1CCC(Cc2ccc(OC(F)(F)F)cn2)C1. The molecular formula is C16H21F3N2O3. The third-order valence-corrected chi connectivity index (χ3v) is 3.47. The van der Waals surface area contributed by atoms with Crippen molar-refractivity contribution in [1.29, 1.82) is 0 Å². The molecule has 1 saturated heterocycles. The fraction of sp³-hybridized carbons (Fsp3) is 0.625. The molecule has 2 heterocycles. The number of amides is 1. The molecule has 1 amide bonds. The van der Waals surface area contributed by atoms with Gasteiger partial charge in [-0.1, -0.05) is 0 Å². The Morgan fingerprint density at radius 2 is 2.04 bits per heavy atom. The molecule has 1 aliphatic rings. The minimum Gasteiger partial charge on any atom is -0.444 e. The molecule has 1 aliphatic heterocycles. The number of ether oxygens (including phenoxy) is 2. The molecule has 1 aromatic heterocycles. The van der Waals surface area contributed by atoms with E-state index in [0.717, 1.165) is 12.6 Å². The summed E-state index contributed by atoms with van der Waals surface area (Å²) < 4.78 is 45.4. The van der Waals surface area contributed by atoms with Crippen LogP contribution in [-0.4, -0.2) is 41.0 Å². The molecule has 1 atom stereocenters. The Morgan fingerprint density at radius 3 is 2.58 bits per heavy atom. The van der Waals surface area contributed by atoms with Crippen LogP contribution >= 0.6 is 0 Å². The van der Waals surface area contributed by atoms with Crippen LogP contribution in [0.3, 0.4) is 0 Å². The molecule has 8 heteroatoms. The Hall–Kier alpha value is -1.99. The average Bonchev–Trinajstić information content (AvgIpc) is 2.86. The number of hydrogen-bond acceptors (Lipinski definition) is 4. The van der Waals surface area contributed by atoms with Gasteiger partial charge in [-0.15, -0.1) is 13.2 Å². The van der Waals surface area contributed by atoms with E-state index in [1.807, 2.05) is 20.8 Å². The molecular weight excluding hydrogens is 325 g/mol. The second-order valence-corrected chi connectivity index (χ2v) is 6.82. The molecule has 0 aromatic carbocycles. The van der Waals surface area contributed by atoms with Crippen LogP contribution in [0.2, 0.25) is 0 Å². The molecule has 0 N–H and O–H groups in total. The summed E-state index contributed by atoms with van der Waals surface area (Å²) in [4.78, 5) is 17.6. The van der Waals surface area contributed by atoms with Crippen LogP contribution in [0.25, 0.3) is 0 Å². The van der Waals surface area contributed by atoms with E-state index in [4.69, 9.17) is 4.74 Å². The summed E-state index contributed by atoms with van der Waals surface area (Å²) in [7, 11) is 0. The van der Waals surface area contributed by atoms with Gasteiger partial charge in [-0.05, 0) is 51.7 Å². The summed E-state index contributed by atoms with van der Waals surface area (Å²) in [6, 6.07) is 2.76. The predicted molar refractivity (Wildman–Crippen MR) is 80.5 cm³/mol. The predicted octanol–water partition coefficient (Wildman–Crippen LogP) is 3.78. The van der Waals surface area contributed by atoms with Gasteiger partial charge in [0.05, 0.1) is 6.20 Å². The van der Waals surface area contributed by atoms with Gasteiger partial charge in [0.2, 0.25) is 0 Å². The van der Waals surface area contributed by atoms with Gasteiger partial charge in [0.25, 0.3) is 0 Å². The first-order chi connectivity index (χ1) is 11.0. The zero-order valence-corrected chi connectivity index (χ0v) is 13.9. The fourth-order valence-corrected chi connectivity index (χ4v) is 2.51. The van der Waals surface area contributed by atoms with Crippen LogP contribution < -0.4 is 4.74 Å². The molecule has 1 unspecified atom stereocenters. The lowest BCUT2D eigenvalue weighted by Crippen LogP contribution is -2.35. The van der Waals surface area contributed by atoms with Gasteiger partial charge in [0.1, 0.15) is 11.4 Å². The van der Waals surface area contributed by atoms with Gasteiger partial charge >= 0.3 is 12.5 Å². The largest absolute Gasteiger partial charge is 0.573 e. The van der Waals surface area contributed by atoms with Crippen LogP contribution in [0.5, 0.6) is 5.75 Å². The zero-order chi connectivity index (χ0) is 18.0. The van der Waals surface area contributed by atoms with E-state index in [-0.39, 0.29) is 17.8 Å². The minimum atomic E-state index is -4.72. The lowest BCUT2D eigenvalue weighted by Gasteiger charge is -2.24. The van der Waals surface area contributed by atoms with Gasteiger partial charge in [0, 0.05) is 18.8 Å². The van der Waals surface area contributed by atoms with E-state index in [9.17, 15) is 18.0 Å². The number of alkyl halides is 3. The average molecular weight is 346 g/mol. The number of carbonyl (C=O) groups excluding carboxylic acids is 1. The number of hydrogen-bond donors (Lipinski definition) is 0. The van der Waals surface area contributed by atoms with Gasteiger partial charge in [-0.25, -0.2) is 4.79 Å². The van der Waals surface area contributed by atoms with Gasteiger partial charge in [-0.3, -0.25) is 4.98 Å². The molecule has 134 valence electrons. The van der Waals surface area contributed by atoms with Crippen molar-refractivity contribution >= 4 is 6.09 Å². The molecule has 1 fully saturated rings. The van der Waals surface area contributed by atoms with Crippen molar-refractivity contribution in [3.63, 3.8) is 0 Å². The lowest BCUT2D eigenvalue weighted by molar-refractivity contribution is -0.274. The number of likely N-dealkylation sites (tertiary alicyclic amines) is 1. The van der Waals surface area contributed by atoms with E-state index in [2.05, 4.69) is 9.72 Å². The molecule has 0 spiro atoms. The lowest BCUT2D eigenvalue weighted by atomic mass is 10.0. The Bertz CT molecular complexity index is 567. The van der Waals surface area contributed by atoms with Crippen LogP contribution in [0.1, 0.15) is 32.9 Å². The summed E-state index contributed by atoms with van der Waals surface area (Å²) in [5.74, 6) is -0.132. The standard InChI is InChI=1S/C16H21F3N2O3/c1-15(2,3)24-14(22)21-7-6-11(10-21)8-12-4-5-13(9-20-12)23-16(17,18)19/h4-5,9,11H,6-8,10H2,1-3H3. The zero-order valence-electron chi connectivity index (χ0n) is 13.9. The quantitative estimate of drug-likeness (QED) is 0.836. The first-order valence-corrected chi connectivity index (χ1v) is 7.70. The maximum absolute atomic E-state index is 12.1. The fourth-order valence-electron chi connectivity index (χ4n) is 2.51. The Kier molecular flexibility index (Phi) is 5.25. The Labute approximate surface area is 138 Å². The summed E-state index contributed by atoms with van der Waals surface area (Å²) >= 11 is 0. The monoisotopic (exact) mass is 346 g/mol. The normalized spacial score (nSPS) is 18.6. The van der Waals surface area contributed by atoms with Crippen LogP contribution in [-0.2, 0) is 11.2 Å².